The van der Waals surface area contributed by atoms with E-state index in [1.807, 2.05) is 61.5 Å². The van der Waals surface area contributed by atoms with E-state index in [2.05, 4.69) is 5.32 Å². The van der Waals surface area contributed by atoms with Crippen LogP contribution in [0.1, 0.15) is 26.2 Å². The maximum Gasteiger partial charge on any atom is 0.229 e. The number of nitrogens with one attached hydrogen (secondary N) is 1. The predicted octanol–water partition coefficient (Wildman–Crippen LogP) is 3.32. The molecule has 0 aliphatic carbocycles. The van der Waals surface area contributed by atoms with Gasteiger partial charge in [0.25, 0.3) is 0 Å². The molecular formula is C25H29N3O4. The van der Waals surface area contributed by atoms with E-state index in [4.69, 9.17) is 4.74 Å². The summed E-state index contributed by atoms with van der Waals surface area (Å²) in [5, 5.41) is 2.94. The molecule has 2 aromatic rings. The highest BCUT2D eigenvalue weighted by Gasteiger charge is 2.39. The van der Waals surface area contributed by atoms with Crippen LogP contribution in [0.5, 0.6) is 5.75 Å². The van der Waals surface area contributed by atoms with Gasteiger partial charge in [-0.3, -0.25) is 14.4 Å². The predicted molar refractivity (Wildman–Crippen MR) is 122 cm³/mol. The number of amides is 3. The minimum Gasteiger partial charge on any atom is -0.492 e. The molecule has 4 rings (SSSR count). The van der Waals surface area contributed by atoms with Crippen molar-refractivity contribution in [2.24, 2.45) is 11.8 Å². The van der Waals surface area contributed by atoms with Gasteiger partial charge in [-0.2, -0.15) is 0 Å². The number of para-hydroxylation sites is 3. The van der Waals surface area contributed by atoms with Crippen LogP contribution in [-0.2, 0) is 14.4 Å². The van der Waals surface area contributed by atoms with Gasteiger partial charge in [0.05, 0.1) is 24.1 Å². The zero-order chi connectivity index (χ0) is 22.5. The van der Waals surface area contributed by atoms with Crippen molar-refractivity contribution in [3.05, 3.63) is 54.6 Å². The summed E-state index contributed by atoms with van der Waals surface area (Å²) in [4.78, 5) is 42.1. The molecule has 3 amide bonds. The van der Waals surface area contributed by atoms with Gasteiger partial charge in [-0.15, -0.1) is 0 Å². The fourth-order valence-electron chi connectivity index (χ4n) is 4.48. The first-order chi connectivity index (χ1) is 15.6. The van der Waals surface area contributed by atoms with E-state index in [1.54, 1.807) is 9.80 Å². The summed E-state index contributed by atoms with van der Waals surface area (Å²) in [7, 11) is 0. The van der Waals surface area contributed by atoms with E-state index in [9.17, 15) is 14.4 Å². The summed E-state index contributed by atoms with van der Waals surface area (Å²) in [6.45, 7) is 3.74. The summed E-state index contributed by atoms with van der Waals surface area (Å²) in [5.41, 5.74) is 1.46. The second-order valence-electron chi connectivity index (χ2n) is 8.28. The quantitative estimate of drug-likeness (QED) is 0.755. The van der Waals surface area contributed by atoms with Crippen molar-refractivity contribution in [2.45, 2.75) is 26.2 Å². The SMILES string of the molecule is CCOc1ccccc1N1CC(C(=O)N2CCCC(C(=O)Nc3ccccc3)C2)CC1=O. The van der Waals surface area contributed by atoms with Crippen LogP contribution < -0.4 is 15.0 Å². The first-order valence-electron chi connectivity index (χ1n) is 11.2. The molecule has 0 radical (unpaired) electrons. The van der Waals surface area contributed by atoms with Gasteiger partial charge in [-0.25, -0.2) is 0 Å². The molecule has 2 saturated heterocycles. The highest BCUT2D eigenvalue weighted by Crippen LogP contribution is 2.34. The standard InChI is InChI=1S/C25H29N3O4/c1-2-32-22-13-7-6-12-21(22)28-17-19(15-23(28)29)25(31)27-14-8-9-18(16-27)24(30)26-20-10-4-3-5-11-20/h3-7,10-13,18-19H,2,8-9,14-17H2,1H3,(H,26,30). The maximum atomic E-state index is 13.2. The second kappa shape index (κ2) is 9.85. The van der Waals surface area contributed by atoms with Gasteiger partial charge in [-0.1, -0.05) is 30.3 Å². The van der Waals surface area contributed by atoms with E-state index >= 15 is 0 Å². The minimum absolute atomic E-state index is 0.0491. The third-order valence-electron chi connectivity index (χ3n) is 6.08. The Morgan fingerprint density at radius 2 is 1.78 bits per heavy atom. The number of likely N-dealkylation sites (tertiary alicyclic amines) is 1. The average molecular weight is 436 g/mol. The van der Waals surface area contributed by atoms with Crippen LogP contribution in [0.3, 0.4) is 0 Å². The lowest BCUT2D eigenvalue weighted by molar-refractivity contribution is -0.138. The monoisotopic (exact) mass is 435 g/mol. The van der Waals surface area contributed by atoms with Crippen molar-refractivity contribution in [1.82, 2.24) is 4.90 Å². The first kappa shape index (κ1) is 21.9. The molecule has 7 heteroatoms. The molecule has 2 aromatic carbocycles. The average Bonchev–Trinajstić information content (AvgIpc) is 3.21. The van der Waals surface area contributed by atoms with Crippen LogP contribution in [0, 0.1) is 11.8 Å². The number of nitrogens with zero attached hydrogens (tertiary/aromatic N) is 2. The zero-order valence-electron chi connectivity index (χ0n) is 18.3. The van der Waals surface area contributed by atoms with Gasteiger partial charge in [0, 0.05) is 31.7 Å². The normalized spacial score (nSPS) is 20.8. The molecule has 2 aliphatic heterocycles. The second-order valence-corrected chi connectivity index (χ2v) is 8.28. The van der Waals surface area contributed by atoms with Crippen molar-refractivity contribution in [1.29, 1.82) is 0 Å². The van der Waals surface area contributed by atoms with Crippen LogP contribution in [0.2, 0.25) is 0 Å². The number of anilines is 2. The van der Waals surface area contributed by atoms with Crippen molar-refractivity contribution in [3.63, 3.8) is 0 Å². The summed E-state index contributed by atoms with van der Waals surface area (Å²) in [5.74, 6) is -0.207. The van der Waals surface area contributed by atoms with E-state index in [0.717, 1.165) is 18.5 Å². The Hall–Kier alpha value is -3.35. The van der Waals surface area contributed by atoms with Gasteiger partial charge in [0.15, 0.2) is 0 Å². The molecule has 2 fully saturated rings. The van der Waals surface area contributed by atoms with Gasteiger partial charge in [0.2, 0.25) is 17.7 Å². The van der Waals surface area contributed by atoms with Crippen LogP contribution in [-0.4, -0.2) is 48.9 Å². The molecule has 0 aromatic heterocycles. The van der Waals surface area contributed by atoms with Crippen LogP contribution >= 0.6 is 0 Å². The lowest BCUT2D eigenvalue weighted by Gasteiger charge is -2.33. The summed E-state index contributed by atoms with van der Waals surface area (Å²) in [6, 6.07) is 16.8. The van der Waals surface area contributed by atoms with Crippen molar-refractivity contribution in [2.75, 3.05) is 36.5 Å². The van der Waals surface area contributed by atoms with E-state index in [-0.39, 0.29) is 30.1 Å². The van der Waals surface area contributed by atoms with Gasteiger partial charge in [-0.05, 0) is 44.0 Å². The van der Waals surface area contributed by atoms with Gasteiger partial charge in [0.1, 0.15) is 5.75 Å². The Labute approximate surface area is 188 Å². The van der Waals surface area contributed by atoms with Crippen LogP contribution in [0.25, 0.3) is 0 Å². The molecule has 32 heavy (non-hydrogen) atoms. The molecular weight excluding hydrogens is 406 g/mol. The Balaban J connectivity index is 1.40. The lowest BCUT2D eigenvalue weighted by atomic mass is 9.95. The van der Waals surface area contributed by atoms with Crippen LogP contribution in [0.4, 0.5) is 11.4 Å². The molecule has 2 unspecified atom stereocenters. The third kappa shape index (κ3) is 4.77. The first-order valence-corrected chi connectivity index (χ1v) is 11.2. The third-order valence-corrected chi connectivity index (χ3v) is 6.08. The summed E-state index contributed by atoms with van der Waals surface area (Å²) in [6.07, 6.45) is 1.70. The number of carbonyl (C=O) groups is 3. The largest absolute Gasteiger partial charge is 0.492 e. The lowest BCUT2D eigenvalue weighted by Crippen LogP contribution is -2.46. The summed E-state index contributed by atoms with van der Waals surface area (Å²) < 4.78 is 5.67. The Kier molecular flexibility index (Phi) is 6.73. The number of rotatable bonds is 6. The number of carbonyl (C=O) groups excluding carboxylic acids is 3. The number of ether oxygens (including phenoxy) is 1. The molecule has 2 heterocycles. The highest BCUT2D eigenvalue weighted by molar-refractivity contribution is 6.01. The number of piperidine rings is 1. The molecule has 2 atom stereocenters. The van der Waals surface area contributed by atoms with Crippen molar-refractivity contribution < 1.29 is 19.1 Å². The zero-order valence-corrected chi connectivity index (χ0v) is 18.3. The van der Waals surface area contributed by atoms with Crippen LogP contribution in [0.15, 0.2) is 54.6 Å². The topological polar surface area (TPSA) is 79.0 Å². The molecule has 7 nitrogen and oxygen atoms in total. The molecule has 0 spiro atoms. The Morgan fingerprint density at radius 3 is 2.56 bits per heavy atom. The Morgan fingerprint density at radius 1 is 1.03 bits per heavy atom. The minimum atomic E-state index is -0.409. The molecule has 0 bridgehead atoms. The van der Waals surface area contributed by atoms with Gasteiger partial charge >= 0.3 is 0 Å². The van der Waals surface area contributed by atoms with E-state index in [0.29, 0.717) is 37.7 Å². The van der Waals surface area contributed by atoms with E-state index < -0.39 is 5.92 Å². The fraction of sp³-hybridized carbons (Fsp3) is 0.400. The molecule has 0 saturated carbocycles. The number of benzene rings is 2. The summed E-state index contributed by atoms with van der Waals surface area (Å²) >= 11 is 0. The highest BCUT2D eigenvalue weighted by atomic mass is 16.5. The molecule has 2 aliphatic rings. The molecule has 168 valence electrons. The maximum absolute atomic E-state index is 13.2. The number of hydrogen-bond acceptors (Lipinski definition) is 4. The smallest absolute Gasteiger partial charge is 0.229 e. The fourth-order valence-corrected chi connectivity index (χ4v) is 4.48. The Bertz CT molecular complexity index is 978. The number of hydrogen-bond donors (Lipinski definition) is 1. The van der Waals surface area contributed by atoms with Crippen molar-refractivity contribution in [3.8, 4) is 5.75 Å². The van der Waals surface area contributed by atoms with E-state index in [1.165, 1.54) is 0 Å². The molecule has 1 N–H and O–H groups in total. The van der Waals surface area contributed by atoms with Crippen molar-refractivity contribution >= 4 is 29.1 Å². The van der Waals surface area contributed by atoms with Gasteiger partial charge < -0.3 is 19.9 Å².